The number of nitrogens with one attached hydrogen (secondary N) is 1. The monoisotopic (exact) mass is 276 g/mol. The van der Waals surface area contributed by atoms with Crippen molar-refractivity contribution in [1.82, 2.24) is 5.43 Å². The number of rotatable bonds is 7. The Morgan fingerprint density at radius 3 is 2.76 bits per heavy atom. The summed E-state index contributed by atoms with van der Waals surface area (Å²) < 4.78 is 5.01. The van der Waals surface area contributed by atoms with Gasteiger partial charge < -0.3 is 4.74 Å². The number of methoxy groups -OCH3 is 1. The smallest absolute Gasteiger partial charge is 0.0462 e. The van der Waals surface area contributed by atoms with Crippen molar-refractivity contribution >= 4 is 23.2 Å². The highest BCUT2D eigenvalue weighted by atomic mass is 35.5. The van der Waals surface area contributed by atoms with E-state index in [4.69, 9.17) is 33.8 Å². The van der Waals surface area contributed by atoms with Crippen molar-refractivity contribution in [3.8, 4) is 0 Å². The summed E-state index contributed by atoms with van der Waals surface area (Å²) in [6.45, 7) is 0.743. The first-order valence-electron chi connectivity index (χ1n) is 5.56. The van der Waals surface area contributed by atoms with Crippen LogP contribution in [0.4, 0.5) is 0 Å². The third-order valence-electron chi connectivity index (χ3n) is 2.62. The van der Waals surface area contributed by atoms with Gasteiger partial charge in [-0.15, -0.1) is 0 Å². The summed E-state index contributed by atoms with van der Waals surface area (Å²) in [5.74, 6) is 5.52. The minimum atomic E-state index is 0.198. The molecule has 0 aliphatic heterocycles. The van der Waals surface area contributed by atoms with Crippen LogP contribution in [0.25, 0.3) is 0 Å². The molecule has 1 atom stereocenters. The highest BCUT2D eigenvalue weighted by Gasteiger charge is 2.10. The van der Waals surface area contributed by atoms with Crippen LogP contribution in [0.3, 0.4) is 0 Å². The zero-order chi connectivity index (χ0) is 12.7. The second-order valence-corrected chi connectivity index (χ2v) is 4.78. The van der Waals surface area contributed by atoms with Gasteiger partial charge in [0.05, 0.1) is 0 Å². The van der Waals surface area contributed by atoms with Gasteiger partial charge in [0.1, 0.15) is 0 Å². The molecule has 0 fully saturated rings. The molecule has 1 unspecified atom stereocenters. The molecule has 3 nitrogen and oxygen atoms in total. The van der Waals surface area contributed by atoms with Gasteiger partial charge >= 0.3 is 0 Å². The molecule has 0 spiro atoms. The van der Waals surface area contributed by atoms with E-state index in [-0.39, 0.29) is 6.04 Å². The van der Waals surface area contributed by atoms with E-state index in [2.05, 4.69) is 5.43 Å². The molecule has 0 radical (unpaired) electrons. The molecule has 5 heteroatoms. The fourth-order valence-corrected chi connectivity index (χ4v) is 2.16. The summed E-state index contributed by atoms with van der Waals surface area (Å²) in [7, 11) is 1.70. The fraction of sp³-hybridized carbons (Fsp3) is 0.500. The predicted octanol–water partition coefficient (Wildman–Crippen LogP) is 2.79. The average Bonchev–Trinajstić information content (AvgIpc) is 2.31. The van der Waals surface area contributed by atoms with Crippen molar-refractivity contribution in [1.29, 1.82) is 0 Å². The zero-order valence-electron chi connectivity index (χ0n) is 9.88. The van der Waals surface area contributed by atoms with Gasteiger partial charge in [0.15, 0.2) is 0 Å². The van der Waals surface area contributed by atoms with Crippen molar-refractivity contribution in [3.63, 3.8) is 0 Å². The Kier molecular flexibility index (Phi) is 6.85. The van der Waals surface area contributed by atoms with E-state index in [0.717, 1.165) is 31.4 Å². The molecule has 17 heavy (non-hydrogen) atoms. The Labute approximate surface area is 112 Å². The summed E-state index contributed by atoms with van der Waals surface area (Å²) in [4.78, 5) is 0. The lowest BCUT2D eigenvalue weighted by Crippen LogP contribution is -2.37. The standard InChI is InChI=1S/C12H18Cl2N2O/c1-17-6-2-3-11(16-15)7-9-4-5-10(13)8-12(9)14/h4-5,8,11,16H,2-3,6-7,15H2,1H3. The Balaban J connectivity index is 2.54. The van der Waals surface area contributed by atoms with Crippen LogP contribution in [0.2, 0.25) is 10.0 Å². The molecule has 0 bridgehead atoms. The maximum absolute atomic E-state index is 6.11. The van der Waals surface area contributed by atoms with Gasteiger partial charge in [-0.05, 0) is 37.0 Å². The Morgan fingerprint density at radius 2 is 2.18 bits per heavy atom. The first-order chi connectivity index (χ1) is 8.17. The van der Waals surface area contributed by atoms with E-state index in [9.17, 15) is 0 Å². The molecule has 0 saturated heterocycles. The number of hydrazine groups is 1. The second-order valence-electron chi connectivity index (χ2n) is 3.94. The summed E-state index contributed by atoms with van der Waals surface area (Å²) >= 11 is 12.0. The molecular weight excluding hydrogens is 259 g/mol. The van der Waals surface area contributed by atoms with E-state index in [1.54, 1.807) is 13.2 Å². The van der Waals surface area contributed by atoms with Crippen LogP contribution in [-0.2, 0) is 11.2 Å². The number of nitrogens with two attached hydrogens (primary N) is 1. The molecule has 0 saturated carbocycles. The summed E-state index contributed by atoms with van der Waals surface area (Å²) in [6.07, 6.45) is 2.70. The third kappa shape index (κ3) is 5.23. The van der Waals surface area contributed by atoms with Crippen LogP contribution in [0.1, 0.15) is 18.4 Å². The molecular formula is C12H18Cl2N2O. The molecule has 96 valence electrons. The Morgan fingerprint density at radius 1 is 1.41 bits per heavy atom. The second kappa shape index (κ2) is 7.90. The van der Waals surface area contributed by atoms with Gasteiger partial charge in [-0.3, -0.25) is 11.3 Å². The SMILES string of the molecule is COCCCC(Cc1ccc(Cl)cc1Cl)NN. The van der Waals surface area contributed by atoms with E-state index < -0.39 is 0 Å². The van der Waals surface area contributed by atoms with Crippen LogP contribution >= 0.6 is 23.2 Å². The fourth-order valence-electron chi connectivity index (χ4n) is 1.67. The molecule has 0 aliphatic rings. The maximum atomic E-state index is 6.11. The topological polar surface area (TPSA) is 47.3 Å². The maximum Gasteiger partial charge on any atom is 0.0462 e. The third-order valence-corrected chi connectivity index (χ3v) is 3.21. The Hall–Kier alpha value is -0.320. The first-order valence-corrected chi connectivity index (χ1v) is 6.32. The number of benzene rings is 1. The first kappa shape index (κ1) is 14.7. The van der Waals surface area contributed by atoms with E-state index in [1.807, 2.05) is 12.1 Å². The number of ether oxygens (including phenoxy) is 1. The molecule has 0 aromatic heterocycles. The normalized spacial score (nSPS) is 12.7. The van der Waals surface area contributed by atoms with Gasteiger partial charge in [-0.1, -0.05) is 29.3 Å². The predicted molar refractivity (Wildman–Crippen MR) is 72.4 cm³/mol. The molecule has 3 N–H and O–H groups in total. The van der Waals surface area contributed by atoms with E-state index in [1.165, 1.54) is 0 Å². The van der Waals surface area contributed by atoms with Crippen LogP contribution < -0.4 is 11.3 Å². The molecule has 0 heterocycles. The Bertz CT molecular complexity index is 347. The van der Waals surface area contributed by atoms with E-state index >= 15 is 0 Å². The van der Waals surface area contributed by atoms with Gasteiger partial charge in [-0.25, -0.2) is 0 Å². The summed E-state index contributed by atoms with van der Waals surface area (Å²) in [5.41, 5.74) is 3.86. The van der Waals surface area contributed by atoms with Crippen molar-refractivity contribution in [2.45, 2.75) is 25.3 Å². The number of hydrogen-bond acceptors (Lipinski definition) is 3. The minimum Gasteiger partial charge on any atom is -0.385 e. The molecule has 0 amide bonds. The lowest BCUT2D eigenvalue weighted by Gasteiger charge is -2.16. The minimum absolute atomic E-state index is 0.198. The van der Waals surface area contributed by atoms with Gasteiger partial charge in [-0.2, -0.15) is 0 Å². The van der Waals surface area contributed by atoms with Crippen LogP contribution in [-0.4, -0.2) is 19.8 Å². The molecule has 1 aromatic carbocycles. The molecule has 0 aliphatic carbocycles. The lowest BCUT2D eigenvalue weighted by molar-refractivity contribution is 0.188. The van der Waals surface area contributed by atoms with Gasteiger partial charge in [0.2, 0.25) is 0 Å². The van der Waals surface area contributed by atoms with Crippen molar-refractivity contribution in [2.24, 2.45) is 5.84 Å². The molecule has 1 rings (SSSR count). The van der Waals surface area contributed by atoms with E-state index in [0.29, 0.717) is 10.0 Å². The van der Waals surface area contributed by atoms with Crippen LogP contribution in [0, 0.1) is 0 Å². The number of hydrogen-bond donors (Lipinski definition) is 2. The van der Waals surface area contributed by atoms with Crippen molar-refractivity contribution in [2.75, 3.05) is 13.7 Å². The number of halogens is 2. The summed E-state index contributed by atoms with van der Waals surface area (Å²) in [5, 5.41) is 1.33. The van der Waals surface area contributed by atoms with Crippen molar-refractivity contribution < 1.29 is 4.74 Å². The van der Waals surface area contributed by atoms with Gasteiger partial charge in [0.25, 0.3) is 0 Å². The lowest BCUT2D eigenvalue weighted by atomic mass is 10.0. The highest BCUT2D eigenvalue weighted by Crippen LogP contribution is 2.22. The summed E-state index contributed by atoms with van der Waals surface area (Å²) in [6, 6.07) is 5.72. The van der Waals surface area contributed by atoms with Crippen molar-refractivity contribution in [3.05, 3.63) is 33.8 Å². The molecule has 1 aromatic rings. The largest absolute Gasteiger partial charge is 0.385 e. The van der Waals surface area contributed by atoms with Crippen LogP contribution in [0.15, 0.2) is 18.2 Å². The quantitative estimate of drug-likeness (QED) is 0.457. The highest BCUT2D eigenvalue weighted by molar-refractivity contribution is 6.35. The van der Waals surface area contributed by atoms with Gasteiger partial charge in [0, 0.05) is 29.8 Å². The zero-order valence-corrected chi connectivity index (χ0v) is 11.4. The van der Waals surface area contributed by atoms with Crippen LogP contribution in [0.5, 0.6) is 0 Å². The average molecular weight is 277 g/mol.